The molecule has 14 heavy (non-hydrogen) atoms. The van der Waals surface area contributed by atoms with E-state index >= 15 is 0 Å². The van der Waals surface area contributed by atoms with Crippen molar-refractivity contribution in [3.8, 4) is 0 Å². The molecule has 76 valence electrons. The van der Waals surface area contributed by atoms with E-state index in [0.717, 1.165) is 12.1 Å². The molecule has 2 heterocycles. The van der Waals surface area contributed by atoms with Crippen LogP contribution in [0.3, 0.4) is 0 Å². The number of oxazole rings is 1. The minimum atomic E-state index is 0.0632. The molecule has 0 saturated carbocycles. The van der Waals surface area contributed by atoms with Gasteiger partial charge in [-0.15, -0.1) is 0 Å². The molecular weight excluding hydrogens is 182 g/mol. The van der Waals surface area contributed by atoms with Gasteiger partial charge in [-0.25, -0.2) is 4.98 Å². The molecule has 0 radical (unpaired) electrons. The van der Waals surface area contributed by atoms with Gasteiger partial charge < -0.3 is 9.15 Å². The summed E-state index contributed by atoms with van der Waals surface area (Å²) in [6.07, 6.45) is 3.10. The number of hydrogen-bond acceptors (Lipinski definition) is 4. The van der Waals surface area contributed by atoms with Gasteiger partial charge in [0.25, 0.3) is 0 Å². The van der Waals surface area contributed by atoms with E-state index < -0.39 is 0 Å². The van der Waals surface area contributed by atoms with Crippen LogP contribution in [0.15, 0.2) is 10.7 Å². The van der Waals surface area contributed by atoms with E-state index in [1.54, 1.807) is 13.2 Å². The predicted molar refractivity (Wildman–Crippen MR) is 48.9 cm³/mol. The third-order valence-electron chi connectivity index (χ3n) is 2.43. The lowest BCUT2D eigenvalue weighted by Crippen LogP contribution is -2.28. The van der Waals surface area contributed by atoms with Crippen molar-refractivity contribution < 1.29 is 13.9 Å². The Balaban J connectivity index is 1.99. The summed E-state index contributed by atoms with van der Waals surface area (Å²) in [5.74, 6) is 0.893. The van der Waals surface area contributed by atoms with E-state index in [1.165, 1.54) is 0 Å². The number of nitrogens with zero attached hydrogens (tertiary/aromatic N) is 1. The van der Waals surface area contributed by atoms with Gasteiger partial charge in [-0.3, -0.25) is 4.79 Å². The fourth-order valence-corrected chi connectivity index (χ4v) is 1.65. The topological polar surface area (TPSA) is 52.3 Å². The van der Waals surface area contributed by atoms with Gasteiger partial charge in [-0.2, -0.15) is 0 Å². The van der Waals surface area contributed by atoms with Crippen LogP contribution in [0.4, 0.5) is 0 Å². The summed E-state index contributed by atoms with van der Waals surface area (Å²) < 4.78 is 10.1. The number of aryl methyl sites for hydroxylation is 1. The third-order valence-corrected chi connectivity index (χ3v) is 2.43. The molecule has 1 aromatic heterocycles. The molecule has 1 aliphatic heterocycles. The van der Waals surface area contributed by atoms with Crippen LogP contribution in [-0.4, -0.2) is 24.0 Å². The Morgan fingerprint density at radius 1 is 1.64 bits per heavy atom. The highest BCUT2D eigenvalue weighted by Gasteiger charge is 2.23. The van der Waals surface area contributed by atoms with Crippen LogP contribution in [0, 0.1) is 12.8 Å². The van der Waals surface area contributed by atoms with Crippen LogP contribution in [0.1, 0.15) is 18.0 Å². The van der Waals surface area contributed by atoms with Crippen molar-refractivity contribution in [2.75, 3.05) is 13.2 Å². The average Bonchev–Trinajstić information content (AvgIpc) is 2.56. The number of carbonyl (C=O) groups is 1. The van der Waals surface area contributed by atoms with Crippen molar-refractivity contribution in [2.45, 2.75) is 19.8 Å². The molecule has 0 amide bonds. The standard InChI is InChI=1S/C10H13NO3/c1-7-11-9(5-14-7)4-8-2-3-13-6-10(8)12/h5,8H,2-4,6H2,1H3. The first-order valence-electron chi connectivity index (χ1n) is 4.77. The number of hydrogen-bond donors (Lipinski definition) is 0. The molecular formula is C10H13NO3. The monoisotopic (exact) mass is 195 g/mol. The number of aromatic nitrogens is 1. The Kier molecular flexibility index (Phi) is 2.63. The highest BCUT2D eigenvalue weighted by Crippen LogP contribution is 2.16. The van der Waals surface area contributed by atoms with Crippen molar-refractivity contribution in [1.82, 2.24) is 4.98 Å². The molecule has 1 fully saturated rings. The molecule has 0 bridgehead atoms. The van der Waals surface area contributed by atoms with Crippen LogP contribution in [0.2, 0.25) is 0 Å². The zero-order chi connectivity index (χ0) is 9.97. The smallest absolute Gasteiger partial charge is 0.191 e. The van der Waals surface area contributed by atoms with Gasteiger partial charge in [0.15, 0.2) is 11.7 Å². The van der Waals surface area contributed by atoms with Crippen LogP contribution >= 0.6 is 0 Å². The van der Waals surface area contributed by atoms with E-state index in [2.05, 4.69) is 4.98 Å². The lowest BCUT2D eigenvalue weighted by Gasteiger charge is -2.19. The third kappa shape index (κ3) is 2.01. The van der Waals surface area contributed by atoms with Crippen molar-refractivity contribution in [1.29, 1.82) is 0 Å². The van der Waals surface area contributed by atoms with Gasteiger partial charge >= 0.3 is 0 Å². The lowest BCUT2D eigenvalue weighted by molar-refractivity contribution is -0.132. The summed E-state index contributed by atoms with van der Waals surface area (Å²) in [5.41, 5.74) is 0.864. The maximum Gasteiger partial charge on any atom is 0.191 e. The van der Waals surface area contributed by atoms with E-state index in [-0.39, 0.29) is 18.3 Å². The van der Waals surface area contributed by atoms with E-state index in [0.29, 0.717) is 18.9 Å². The Morgan fingerprint density at radius 3 is 3.14 bits per heavy atom. The normalized spacial score (nSPS) is 22.6. The van der Waals surface area contributed by atoms with E-state index in [1.807, 2.05) is 0 Å². The van der Waals surface area contributed by atoms with Gasteiger partial charge in [0.1, 0.15) is 12.9 Å². The maximum absolute atomic E-state index is 11.4. The van der Waals surface area contributed by atoms with Crippen molar-refractivity contribution >= 4 is 5.78 Å². The molecule has 1 aliphatic rings. The summed E-state index contributed by atoms with van der Waals surface area (Å²) in [7, 11) is 0. The molecule has 1 aromatic rings. The molecule has 1 unspecified atom stereocenters. The van der Waals surface area contributed by atoms with Gasteiger partial charge in [-0.05, 0) is 6.42 Å². The molecule has 1 atom stereocenters. The van der Waals surface area contributed by atoms with Gasteiger partial charge in [0, 0.05) is 25.9 Å². The molecule has 4 nitrogen and oxygen atoms in total. The first-order valence-corrected chi connectivity index (χ1v) is 4.77. The van der Waals surface area contributed by atoms with Crippen LogP contribution in [-0.2, 0) is 16.0 Å². The first kappa shape index (κ1) is 9.40. The Bertz CT molecular complexity index is 332. The second kappa shape index (κ2) is 3.92. The molecule has 1 saturated heterocycles. The summed E-state index contributed by atoms with van der Waals surface area (Å²) in [6, 6.07) is 0. The molecule has 0 spiro atoms. The minimum absolute atomic E-state index is 0.0632. The minimum Gasteiger partial charge on any atom is -0.449 e. The number of ether oxygens (including phenoxy) is 1. The first-order chi connectivity index (χ1) is 6.75. The highest BCUT2D eigenvalue weighted by atomic mass is 16.5. The molecule has 0 N–H and O–H groups in total. The largest absolute Gasteiger partial charge is 0.449 e. The molecule has 0 aromatic carbocycles. The number of carbonyl (C=O) groups excluding carboxylic acids is 1. The van der Waals surface area contributed by atoms with Crippen LogP contribution in [0.25, 0.3) is 0 Å². The summed E-state index contributed by atoms with van der Waals surface area (Å²) in [5, 5.41) is 0. The SMILES string of the molecule is Cc1nc(CC2CCOCC2=O)co1. The Labute approximate surface area is 82.3 Å². The zero-order valence-electron chi connectivity index (χ0n) is 8.16. The molecule has 4 heteroatoms. The average molecular weight is 195 g/mol. The van der Waals surface area contributed by atoms with Crippen molar-refractivity contribution in [2.24, 2.45) is 5.92 Å². The second-order valence-electron chi connectivity index (χ2n) is 3.57. The highest BCUT2D eigenvalue weighted by molar-refractivity contribution is 5.82. The number of ketones is 1. The summed E-state index contributed by atoms with van der Waals surface area (Å²) >= 11 is 0. The van der Waals surface area contributed by atoms with Gasteiger partial charge in [0.05, 0.1) is 5.69 Å². The fourth-order valence-electron chi connectivity index (χ4n) is 1.65. The Morgan fingerprint density at radius 2 is 2.50 bits per heavy atom. The van der Waals surface area contributed by atoms with E-state index in [9.17, 15) is 4.79 Å². The number of rotatable bonds is 2. The lowest BCUT2D eigenvalue weighted by atomic mass is 9.94. The number of Topliss-reactive ketones (excluding diaryl/α,β-unsaturated/α-hetero) is 1. The maximum atomic E-state index is 11.4. The van der Waals surface area contributed by atoms with E-state index in [4.69, 9.17) is 9.15 Å². The van der Waals surface area contributed by atoms with Gasteiger partial charge in [-0.1, -0.05) is 0 Å². The zero-order valence-corrected chi connectivity index (χ0v) is 8.16. The summed E-state index contributed by atoms with van der Waals surface area (Å²) in [4.78, 5) is 15.6. The van der Waals surface area contributed by atoms with Crippen molar-refractivity contribution in [3.63, 3.8) is 0 Å². The van der Waals surface area contributed by atoms with Gasteiger partial charge in [0.2, 0.25) is 0 Å². The predicted octanol–water partition coefficient (Wildman–Crippen LogP) is 1.13. The Hall–Kier alpha value is -1.16. The quantitative estimate of drug-likeness (QED) is 0.709. The second-order valence-corrected chi connectivity index (χ2v) is 3.57. The van der Waals surface area contributed by atoms with Crippen LogP contribution < -0.4 is 0 Å². The summed E-state index contributed by atoms with van der Waals surface area (Å²) in [6.45, 7) is 2.73. The molecule has 2 rings (SSSR count). The fraction of sp³-hybridized carbons (Fsp3) is 0.600. The van der Waals surface area contributed by atoms with Crippen LogP contribution in [0.5, 0.6) is 0 Å². The molecule has 0 aliphatic carbocycles. The van der Waals surface area contributed by atoms with Crippen molar-refractivity contribution in [3.05, 3.63) is 17.8 Å².